The second kappa shape index (κ2) is 11.5. The van der Waals surface area contributed by atoms with Crippen LogP contribution in [0.4, 0.5) is 0 Å². The summed E-state index contributed by atoms with van der Waals surface area (Å²) in [5.41, 5.74) is 10.4. The molecule has 0 aromatic rings. The Labute approximate surface area is 160 Å². The Bertz CT molecular complexity index is 636. The molecule has 4 atom stereocenters. The second-order valence-corrected chi connectivity index (χ2v) is 6.08. The van der Waals surface area contributed by atoms with Crippen molar-refractivity contribution >= 4 is 35.6 Å². The molecule has 4 unspecified atom stereocenters. The van der Waals surface area contributed by atoms with E-state index in [2.05, 4.69) is 16.0 Å². The first-order chi connectivity index (χ1) is 12.8. The Kier molecular flexibility index (Phi) is 10.2. The fraction of sp³-hybridized carbons (Fsp3) is 0.600. The number of hydrogen-bond acceptors (Lipinski definition) is 7. The topological polar surface area (TPSA) is 231 Å². The van der Waals surface area contributed by atoms with Crippen LogP contribution in [0.5, 0.6) is 0 Å². The van der Waals surface area contributed by atoms with E-state index >= 15 is 0 Å². The first kappa shape index (κ1) is 24.8. The molecule has 0 bridgehead atoms. The average Bonchev–Trinajstić information content (AvgIpc) is 2.56. The minimum atomic E-state index is -1.52. The summed E-state index contributed by atoms with van der Waals surface area (Å²) in [4.78, 5) is 69.1. The number of nitrogens with two attached hydrogens (primary N) is 2. The van der Waals surface area contributed by atoms with Crippen molar-refractivity contribution in [2.45, 2.75) is 57.3 Å². The number of nitrogens with one attached hydrogen (secondary N) is 3. The van der Waals surface area contributed by atoms with Gasteiger partial charge >= 0.3 is 11.9 Å². The van der Waals surface area contributed by atoms with Crippen LogP contribution >= 0.6 is 0 Å². The van der Waals surface area contributed by atoms with Gasteiger partial charge in [0.25, 0.3) is 0 Å². The molecule has 13 nitrogen and oxygen atoms in total. The molecular weight excluding hydrogens is 378 g/mol. The highest BCUT2D eigenvalue weighted by molar-refractivity contribution is 5.96. The van der Waals surface area contributed by atoms with Gasteiger partial charge in [0.1, 0.15) is 18.1 Å². The summed E-state index contributed by atoms with van der Waals surface area (Å²) in [6, 6.07) is -5.16. The predicted molar refractivity (Wildman–Crippen MR) is 93.4 cm³/mol. The molecule has 28 heavy (non-hydrogen) atoms. The van der Waals surface area contributed by atoms with E-state index in [4.69, 9.17) is 21.7 Å². The van der Waals surface area contributed by atoms with Crippen molar-refractivity contribution < 1.29 is 39.0 Å². The van der Waals surface area contributed by atoms with Crippen molar-refractivity contribution in [2.24, 2.45) is 11.5 Å². The molecule has 0 aromatic heterocycles. The van der Waals surface area contributed by atoms with Crippen LogP contribution < -0.4 is 27.4 Å². The largest absolute Gasteiger partial charge is 0.481 e. The van der Waals surface area contributed by atoms with Crippen LogP contribution in [-0.4, -0.2) is 69.9 Å². The minimum absolute atomic E-state index is 0.309. The standard InChI is InChI=1S/C15H25N5O8/c1-6(16)12(24)19-8(3-4-11(22)23)13(25)20-9(5-10(17)21)14(26)18-7(2)15(27)28/h6-9H,3-5,16H2,1-2H3,(H2,17,21)(H,18,26)(H,19,24)(H,20,25)(H,22,23)(H,27,28). The van der Waals surface area contributed by atoms with E-state index in [1.165, 1.54) is 13.8 Å². The van der Waals surface area contributed by atoms with E-state index in [1.54, 1.807) is 0 Å². The van der Waals surface area contributed by atoms with Crippen LogP contribution in [0, 0.1) is 0 Å². The first-order valence-electron chi connectivity index (χ1n) is 8.24. The van der Waals surface area contributed by atoms with Crippen LogP contribution in [-0.2, 0) is 28.8 Å². The van der Waals surface area contributed by atoms with E-state index < -0.39 is 72.6 Å². The lowest BCUT2D eigenvalue weighted by molar-refractivity contribution is -0.142. The lowest BCUT2D eigenvalue weighted by atomic mass is 10.1. The lowest BCUT2D eigenvalue weighted by Crippen LogP contribution is -2.57. The number of rotatable bonds is 12. The second-order valence-electron chi connectivity index (χ2n) is 6.08. The number of carboxylic acids is 2. The third-order valence-corrected chi connectivity index (χ3v) is 3.46. The van der Waals surface area contributed by atoms with Gasteiger partial charge in [-0.3, -0.25) is 28.8 Å². The first-order valence-corrected chi connectivity index (χ1v) is 8.24. The third-order valence-electron chi connectivity index (χ3n) is 3.46. The minimum Gasteiger partial charge on any atom is -0.481 e. The number of carbonyl (C=O) groups is 6. The molecule has 0 spiro atoms. The van der Waals surface area contributed by atoms with Crippen LogP contribution in [0.1, 0.15) is 33.1 Å². The molecule has 0 saturated carbocycles. The van der Waals surface area contributed by atoms with Crippen molar-refractivity contribution in [3.8, 4) is 0 Å². The van der Waals surface area contributed by atoms with Gasteiger partial charge in [-0.05, 0) is 20.3 Å². The number of aliphatic carboxylic acids is 2. The van der Waals surface area contributed by atoms with Crippen LogP contribution in [0.3, 0.4) is 0 Å². The summed E-state index contributed by atoms with van der Waals surface area (Å²) in [6.45, 7) is 2.51. The molecule has 0 fully saturated rings. The molecule has 158 valence electrons. The molecule has 13 heteroatoms. The van der Waals surface area contributed by atoms with Gasteiger partial charge in [0, 0.05) is 6.42 Å². The maximum absolute atomic E-state index is 12.4. The summed E-state index contributed by atoms with van der Waals surface area (Å²) >= 11 is 0. The Morgan fingerprint density at radius 1 is 0.857 bits per heavy atom. The number of amides is 4. The highest BCUT2D eigenvalue weighted by Gasteiger charge is 2.30. The summed E-state index contributed by atoms with van der Waals surface area (Å²) in [5, 5.41) is 24.1. The molecular formula is C15H25N5O8. The quantitative estimate of drug-likeness (QED) is 0.172. The Balaban J connectivity index is 5.33. The third kappa shape index (κ3) is 9.47. The Morgan fingerprint density at radius 2 is 1.36 bits per heavy atom. The average molecular weight is 403 g/mol. The maximum atomic E-state index is 12.4. The molecule has 4 amide bonds. The number of hydrogen-bond donors (Lipinski definition) is 7. The van der Waals surface area contributed by atoms with Crippen molar-refractivity contribution in [1.82, 2.24) is 16.0 Å². The fourth-order valence-corrected chi connectivity index (χ4v) is 1.90. The molecule has 0 aliphatic carbocycles. The van der Waals surface area contributed by atoms with E-state index in [-0.39, 0.29) is 6.42 Å². The zero-order valence-electron chi connectivity index (χ0n) is 15.4. The summed E-state index contributed by atoms with van der Waals surface area (Å²) < 4.78 is 0. The van der Waals surface area contributed by atoms with E-state index in [0.29, 0.717) is 0 Å². The highest BCUT2D eigenvalue weighted by Crippen LogP contribution is 2.02. The van der Waals surface area contributed by atoms with Gasteiger partial charge in [0.15, 0.2) is 0 Å². The monoisotopic (exact) mass is 403 g/mol. The van der Waals surface area contributed by atoms with Crippen molar-refractivity contribution in [1.29, 1.82) is 0 Å². The van der Waals surface area contributed by atoms with Gasteiger partial charge in [-0.1, -0.05) is 0 Å². The Morgan fingerprint density at radius 3 is 1.79 bits per heavy atom. The van der Waals surface area contributed by atoms with Gasteiger partial charge in [0.2, 0.25) is 23.6 Å². The molecule has 0 saturated heterocycles. The van der Waals surface area contributed by atoms with Crippen molar-refractivity contribution in [3.05, 3.63) is 0 Å². The summed E-state index contributed by atoms with van der Waals surface area (Å²) in [5.74, 6) is -6.21. The zero-order chi connectivity index (χ0) is 22.0. The van der Waals surface area contributed by atoms with E-state index in [1.807, 2.05) is 0 Å². The number of carboxylic acid groups (broad SMARTS) is 2. The zero-order valence-corrected chi connectivity index (χ0v) is 15.4. The molecule has 9 N–H and O–H groups in total. The fourth-order valence-electron chi connectivity index (χ4n) is 1.90. The molecule has 0 heterocycles. The van der Waals surface area contributed by atoms with Gasteiger partial charge < -0.3 is 37.6 Å². The van der Waals surface area contributed by atoms with Crippen LogP contribution in [0.15, 0.2) is 0 Å². The van der Waals surface area contributed by atoms with Crippen molar-refractivity contribution in [2.75, 3.05) is 0 Å². The van der Waals surface area contributed by atoms with Crippen LogP contribution in [0.25, 0.3) is 0 Å². The summed E-state index contributed by atoms with van der Waals surface area (Å²) in [6.07, 6.45) is -1.42. The normalized spacial score (nSPS) is 14.7. The van der Waals surface area contributed by atoms with Crippen molar-refractivity contribution in [3.63, 3.8) is 0 Å². The van der Waals surface area contributed by atoms with Gasteiger partial charge in [-0.25, -0.2) is 0 Å². The van der Waals surface area contributed by atoms with Gasteiger partial charge in [-0.15, -0.1) is 0 Å². The molecule has 0 radical (unpaired) electrons. The predicted octanol–water partition coefficient (Wildman–Crippen LogP) is -3.37. The van der Waals surface area contributed by atoms with E-state index in [0.717, 1.165) is 0 Å². The molecule has 0 aliphatic rings. The summed E-state index contributed by atoms with van der Waals surface area (Å²) in [7, 11) is 0. The molecule has 0 aromatic carbocycles. The number of primary amides is 1. The molecule has 0 rings (SSSR count). The highest BCUT2D eigenvalue weighted by atomic mass is 16.4. The lowest BCUT2D eigenvalue weighted by Gasteiger charge is -2.23. The van der Waals surface area contributed by atoms with E-state index in [9.17, 15) is 28.8 Å². The van der Waals surface area contributed by atoms with Gasteiger partial charge in [-0.2, -0.15) is 0 Å². The van der Waals surface area contributed by atoms with Crippen LogP contribution in [0.2, 0.25) is 0 Å². The smallest absolute Gasteiger partial charge is 0.325 e. The maximum Gasteiger partial charge on any atom is 0.325 e. The number of carbonyl (C=O) groups excluding carboxylic acids is 4. The SMILES string of the molecule is CC(N)C(=O)NC(CCC(=O)O)C(=O)NC(CC(N)=O)C(=O)NC(C)C(=O)O. The Hall–Kier alpha value is -3.22. The van der Waals surface area contributed by atoms with Gasteiger partial charge in [0.05, 0.1) is 12.5 Å². The molecule has 0 aliphatic heterocycles.